The van der Waals surface area contributed by atoms with E-state index in [2.05, 4.69) is 39.0 Å². The van der Waals surface area contributed by atoms with E-state index in [-0.39, 0.29) is 0 Å². The van der Waals surface area contributed by atoms with Crippen LogP contribution < -0.4 is 0 Å². The zero-order chi connectivity index (χ0) is 9.42. The summed E-state index contributed by atoms with van der Waals surface area (Å²) >= 11 is 0. The van der Waals surface area contributed by atoms with Gasteiger partial charge in [0.2, 0.25) is 0 Å². The van der Waals surface area contributed by atoms with E-state index in [9.17, 15) is 0 Å². The zero-order valence-electron chi connectivity index (χ0n) is 8.80. The average molecular weight is 174 g/mol. The lowest BCUT2D eigenvalue weighted by atomic mass is 9.96. The number of aryl methyl sites for hydroxylation is 1. The molecule has 0 radical (unpaired) electrons. The Morgan fingerprint density at radius 2 is 2.08 bits per heavy atom. The molecule has 1 unspecified atom stereocenters. The third-order valence-corrected chi connectivity index (χ3v) is 3.21. The fourth-order valence-corrected chi connectivity index (χ4v) is 2.19. The maximum atomic E-state index is 2.41. The highest BCUT2D eigenvalue weighted by Gasteiger charge is 2.18. The summed E-state index contributed by atoms with van der Waals surface area (Å²) in [5, 5.41) is 0. The lowest BCUT2D eigenvalue weighted by Gasteiger charge is -2.10. The second kappa shape index (κ2) is 3.17. The monoisotopic (exact) mass is 174 g/mol. The summed E-state index contributed by atoms with van der Waals surface area (Å²) in [5.74, 6) is 1.45. The maximum absolute atomic E-state index is 2.41. The first-order valence-corrected chi connectivity index (χ1v) is 5.31. The van der Waals surface area contributed by atoms with Crippen LogP contribution in [0.25, 0.3) is 0 Å². The molecular weight excluding hydrogens is 156 g/mol. The van der Waals surface area contributed by atoms with Gasteiger partial charge < -0.3 is 0 Å². The van der Waals surface area contributed by atoms with Gasteiger partial charge in [-0.05, 0) is 41.4 Å². The van der Waals surface area contributed by atoms with Crippen LogP contribution in [0, 0.1) is 0 Å². The SMILES string of the molecule is CC(C)c1ccc2c(c1)C(C)CC2. The molecule has 0 fully saturated rings. The molecule has 0 saturated heterocycles. The first-order valence-electron chi connectivity index (χ1n) is 5.31. The van der Waals surface area contributed by atoms with Crippen LogP contribution in [-0.4, -0.2) is 0 Å². The summed E-state index contributed by atoms with van der Waals surface area (Å²) in [6, 6.07) is 7.04. The lowest BCUT2D eigenvalue weighted by Crippen LogP contribution is -1.92. The molecule has 70 valence electrons. The van der Waals surface area contributed by atoms with Gasteiger partial charge >= 0.3 is 0 Å². The first kappa shape index (κ1) is 8.80. The molecule has 0 spiro atoms. The molecule has 0 amide bonds. The molecule has 0 aliphatic heterocycles. The van der Waals surface area contributed by atoms with Gasteiger partial charge in [-0.2, -0.15) is 0 Å². The largest absolute Gasteiger partial charge is 0.0587 e. The van der Waals surface area contributed by atoms with Gasteiger partial charge in [0.05, 0.1) is 0 Å². The van der Waals surface area contributed by atoms with Crippen molar-refractivity contribution in [2.75, 3.05) is 0 Å². The highest BCUT2D eigenvalue weighted by molar-refractivity contribution is 5.38. The number of rotatable bonds is 1. The molecule has 0 heteroatoms. The highest BCUT2D eigenvalue weighted by Crippen LogP contribution is 2.34. The Morgan fingerprint density at radius 3 is 2.77 bits per heavy atom. The van der Waals surface area contributed by atoms with Crippen molar-refractivity contribution in [3.8, 4) is 0 Å². The van der Waals surface area contributed by atoms with E-state index in [4.69, 9.17) is 0 Å². The van der Waals surface area contributed by atoms with Crippen LogP contribution in [0.3, 0.4) is 0 Å². The third-order valence-electron chi connectivity index (χ3n) is 3.21. The minimum atomic E-state index is 0.665. The Bertz CT molecular complexity index is 310. The van der Waals surface area contributed by atoms with Crippen LogP contribution in [0.2, 0.25) is 0 Å². The molecule has 1 aliphatic rings. The van der Waals surface area contributed by atoms with Crippen molar-refractivity contribution < 1.29 is 0 Å². The third kappa shape index (κ3) is 1.50. The van der Waals surface area contributed by atoms with E-state index in [0.29, 0.717) is 5.92 Å². The van der Waals surface area contributed by atoms with Gasteiger partial charge in [0.15, 0.2) is 0 Å². The predicted octanol–water partition coefficient (Wildman–Crippen LogP) is 3.86. The van der Waals surface area contributed by atoms with E-state index >= 15 is 0 Å². The van der Waals surface area contributed by atoms with Gasteiger partial charge in [-0.15, -0.1) is 0 Å². The van der Waals surface area contributed by atoms with Crippen molar-refractivity contribution in [2.45, 2.75) is 45.4 Å². The molecule has 0 heterocycles. The maximum Gasteiger partial charge on any atom is -0.0184 e. The van der Waals surface area contributed by atoms with Crippen molar-refractivity contribution in [1.29, 1.82) is 0 Å². The molecule has 0 N–H and O–H groups in total. The first-order chi connectivity index (χ1) is 6.18. The van der Waals surface area contributed by atoms with Crippen molar-refractivity contribution in [3.05, 3.63) is 34.9 Å². The smallest absolute Gasteiger partial charge is 0.0184 e. The molecule has 0 bridgehead atoms. The molecule has 1 aromatic rings. The Balaban J connectivity index is 2.42. The molecule has 2 rings (SSSR count). The number of hydrogen-bond donors (Lipinski definition) is 0. The zero-order valence-corrected chi connectivity index (χ0v) is 8.80. The molecule has 1 aliphatic carbocycles. The van der Waals surface area contributed by atoms with Gasteiger partial charge in [-0.25, -0.2) is 0 Å². The number of fused-ring (bicyclic) bond motifs is 1. The van der Waals surface area contributed by atoms with Gasteiger partial charge in [0.25, 0.3) is 0 Å². The van der Waals surface area contributed by atoms with E-state index in [1.54, 1.807) is 11.1 Å². The molecule has 0 aromatic heterocycles. The Morgan fingerprint density at radius 1 is 1.31 bits per heavy atom. The fraction of sp³-hybridized carbons (Fsp3) is 0.538. The molecule has 0 saturated carbocycles. The van der Waals surface area contributed by atoms with Crippen LogP contribution in [0.5, 0.6) is 0 Å². The van der Waals surface area contributed by atoms with Gasteiger partial charge in [-0.1, -0.05) is 39.0 Å². The minimum absolute atomic E-state index is 0.665. The Labute approximate surface area is 81.0 Å². The van der Waals surface area contributed by atoms with Crippen LogP contribution in [-0.2, 0) is 6.42 Å². The summed E-state index contributed by atoms with van der Waals surface area (Å²) in [6.07, 6.45) is 2.63. The topological polar surface area (TPSA) is 0 Å². The van der Waals surface area contributed by atoms with E-state index in [1.807, 2.05) is 0 Å². The van der Waals surface area contributed by atoms with Crippen LogP contribution in [0.1, 0.15) is 55.7 Å². The van der Waals surface area contributed by atoms with E-state index in [1.165, 1.54) is 18.4 Å². The summed E-state index contributed by atoms with van der Waals surface area (Å²) in [4.78, 5) is 0. The average Bonchev–Trinajstić information content (AvgIpc) is 2.47. The fourth-order valence-electron chi connectivity index (χ4n) is 2.19. The predicted molar refractivity (Wildman–Crippen MR) is 57.3 cm³/mol. The van der Waals surface area contributed by atoms with Crippen molar-refractivity contribution in [1.82, 2.24) is 0 Å². The molecule has 13 heavy (non-hydrogen) atoms. The van der Waals surface area contributed by atoms with Crippen molar-refractivity contribution >= 4 is 0 Å². The second-order valence-electron chi connectivity index (χ2n) is 4.55. The second-order valence-corrected chi connectivity index (χ2v) is 4.55. The summed E-state index contributed by atoms with van der Waals surface area (Å²) < 4.78 is 0. The number of benzene rings is 1. The molecule has 1 atom stereocenters. The van der Waals surface area contributed by atoms with E-state index in [0.717, 1.165) is 5.92 Å². The molecule has 1 aromatic carbocycles. The highest BCUT2D eigenvalue weighted by atomic mass is 14.2. The van der Waals surface area contributed by atoms with Crippen LogP contribution in [0.15, 0.2) is 18.2 Å². The quantitative estimate of drug-likeness (QED) is 0.606. The Kier molecular flexibility index (Phi) is 2.15. The van der Waals surface area contributed by atoms with Gasteiger partial charge in [0, 0.05) is 0 Å². The summed E-state index contributed by atoms with van der Waals surface area (Å²) in [6.45, 7) is 6.87. The van der Waals surface area contributed by atoms with E-state index < -0.39 is 0 Å². The van der Waals surface area contributed by atoms with Crippen molar-refractivity contribution in [3.63, 3.8) is 0 Å². The van der Waals surface area contributed by atoms with Crippen molar-refractivity contribution in [2.24, 2.45) is 0 Å². The normalized spacial score (nSPS) is 20.8. The summed E-state index contributed by atoms with van der Waals surface area (Å²) in [7, 11) is 0. The molecular formula is C13H18. The van der Waals surface area contributed by atoms with Gasteiger partial charge in [-0.3, -0.25) is 0 Å². The molecule has 0 nitrogen and oxygen atoms in total. The Hall–Kier alpha value is -0.780. The van der Waals surface area contributed by atoms with Crippen LogP contribution in [0.4, 0.5) is 0 Å². The summed E-state index contributed by atoms with van der Waals surface area (Å²) in [5.41, 5.74) is 4.68. The van der Waals surface area contributed by atoms with Gasteiger partial charge in [0.1, 0.15) is 0 Å². The lowest BCUT2D eigenvalue weighted by molar-refractivity contribution is 0.745. The standard InChI is InChI=1S/C13H18/c1-9(2)12-7-6-11-5-4-10(3)13(11)8-12/h6-10H,4-5H2,1-3H3. The number of hydrogen-bond acceptors (Lipinski definition) is 0. The minimum Gasteiger partial charge on any atom is -0.0587 e. The van der Waals surface area contributed by atoms with Crippen LogP contribution >= 0.6 is 0 Å².